The van der Waals surface area contributed by atoms with Crippen LogP contribution in [0.1, 0.15) is 26.2 Å². The molecule has 0 N–H and O–H groups in total. The molecule has 0 aliphatic heterocycles. The molecule has 70 valence electrons. The summed E-state index contributed by atoms with van der Waals surface area (Å²) in [6.45, 7) is 0.958. The first-order chi connectivity index (χ1) is 5.47. The Balaban J connectivity index is 2.57. The minimum Gasteiger partial charge on any atom is -0.207 e. The Hall–Kier alpha value is -0.110. The van der Waals surface area contributed by atoms with Crippen molar-refractivity contribution in [2.75, 3.05) is 5.88 Å². The maximum Gasteiger partial charge on any atom is 0.246 e. The van der Waals surface area contributed by atoms with Gasteiger partial charge in [0.15, 0.2) is 0 Å². The van der Waals surface area contributed by atoms with E-state index in [4.69, 9.17) is 11.6 Å². The third-order valence-corrected chi connectivity index (χ3v) is 2.80. The zero-order chi connectivity index (χ0) is 9.24. The Morgan fingerprint density at radius 3 is 2.25 bits per heavy atom. The number of rotatable bonds is 3. The first kappa shape index (κ1) is 9.97. The molecule has 0 fully saturated rings. The summed E-state index contributed by atoms with van der Waals surface area (Å²) in [4.78, 5) is 0. The largest absolute Gasteiger partial charge is 0.246 e. The smallest absolute Gasteiger partial charge is 0.207 e. The summed E-state index contributed by atoms with van der Waals surface area (Å²) in [6.07, 6.45) is 5.17. The van der Waals surface area contributed by atoms with E-state index in [2.05, 4.69) is 0 Å². The highest BCUT2D eigenvalue weighted by Gasteiger charge is 2.38. The van der Waals surface area contributed by atoms with E-state index in [-0.39, 0.29) is 11.8 Å². The summed E-state index contributed by atoms with van der Waals surface area (Å²) >= 11 is 5.70. The molecule has 0 unspecified atom stereocenters. The molecule has 0 bridgehead atoms. The van der Waals surface area contributed by atoms with Gasteiger partial charge < -0.3 is 0 Å². The zero-order valence-corrected chi connectivity index (χ0v) is 7.87. The zero-order valence-electron chi connectivity index (χ0n) is 7.12. The number of hydrogen-bond acceptors (Lipinski definition) is 0. The monoisotopic (exact) mass is 194 g/mol. The average Bonchev–Trinajstić information content (AvgIpc) is 2.34. The molecule has 0 amide bonds. The summed E-state index contributed by atoms with van der Waals surface area (Å²) in [7, 11) is 0. The molecule has 0 heterocycles. The summed E-state index contributed by atoms with van der Waals surface area (Å²) in [6, 6.07) is 0. The third-order valence-electron chi connectivity index (χ3n) is 2.24. The van der Waals surface area contributed by atoms with Gasteiger partial charge in [0, 0.05) is 12.3 Å². The summed E-state index contributed by atoms with van der Waals surface area (Å²) in [5.41, 5.74) is -0.375. The highest BCUT2D eigenvalue weighted by Crippen LogP contribution is 2.42. The van der Waals surface area contributed by atoms with Gasteiger partial charge in [-0.1, -0.05) is 12.2 Å². The van der Waals surface area contributed by atoms with Gasteiger partial charge in [-0.05, 0) is 25.2 Å². The number of hydrogen-bond donors (Lipinski definition) is 0. The number of halogens is 3. The lowest BCUT2D eigenvalue weighted by molar-refractivity contribution is -0.0215. The fourth-order valence-corrected chi connectivity index (χ4v) is 2.02. The molecular weight excluding hydrogens is 182 g/mol. The van der Waals surface area contributed by atoms with Gasteiger partial charge in [0.2, 0.25) is 5.92 Å². The minimum absolute atomic E-state index is 0.101. The van der Waals surface area contributed by atoms with Crippen molar-refractivity contribution in [3.8, 4) is 0 Å². The van der Waals surface area contributed by atoms with E-state index in [1.165, 1.54) is 0 Å². The van der Waals surface area contributed by atoms with E-state index in [0.717, 1.165) is 6.92 Å². The predicted octanol–water partition coefficient (Wildman–Crippen LogP) is 3.61. The standard InChI is InChI=1S/C9H13ClF2/c1-8(11,12)6-9(7-10)4-2-3-5-9/h2-3H,4-7H2,1H3. The molecule has 1 rings (SSSR count). The van der Waals surface area contributed by atoms with Crippen LogP contribution in [0, 0.1) is 5.41 Å². The lowest BCUT2D eigenvalue weighted by atomic mass is 9.82. The van der Waals surface area contributed by atoms with Crippen molar-refractivity contribution in [3.05, 3.63) is 12.2 Å². The molecule has 0 spiro atoms. The second-order valence-electron chi connectivity index (χ2n) is 3.76. The Bertz CT molecular complexity index is 173. The van der Waals surface area contributed by atoms with Crippen LogP contribution in [0.5, 0.6) is 0 Å². The van der Waals surface area contributed by atoms with E-state index in [0.29, 0.717) is 18.7 Å². The molecule has 0 radical (unpaired) electrons. The highest BCUT2D eigenvalue weighted by atomic mass is 35.5. The van der Waals surface area contributed by atoms with Crippen molar-refractivity contribution in [2.45, 2.75) is 32.1 Å². The van der Waals surface area contributed by atoms with E-state index < -0.39 is 5.92 Å². The normalized spacial score (nSPS) is 21.7. The van der Waals surface area contributed by atoms with Crippen molar-refractivity contribution >= 4 is 11.6 Å². The molecule has 3 heteroatoms. The SMILES string of the molecule is CC(F)(F)CC1(CCl)CC=CC1. The Morgan fingerprint density at radius 2 is 1.92 bits per heavy atom. The van der Waals surface area contributed by atoms with Gasteiger partial charge in [-0.3, -0.25) is 0 Å². The van der Waals surface area contributed by atoms with Gasteiger partial charge in [0.05, 0.1) is 0 Å². The van der Waals surface area contributed by atoms with Gasteiger partial charge >= 0.3 is 0 Å². The molecule has 1 aliphatic rings. The average molecular weight is 195 g/mol. The van der Waals surface area contributed by atoms with Crippen molar-refractivity contribution in [3.63, 3.8) is 0 Å². The van der Waals surface area contributed by atoms with Gasteiger partial charge in [0.1, 0.15) is 0 Å². The molecule has 0 atom stereocenters. The van der Waals surface area contributed by atoms with Crippen LogP contribution in [-0.2, 0) is 0 Å². The van der Waals surface area contributed by atoms with Gasteiger partial charge in [-0.15, -0.1) is 11.6 Å². The Labute approximate surface area is 76.6 Å². The van der Waals surface area contributed by atoms with E-state index in [9.17, 15) is 8.78 Å². The van der Waals surface area contributed by atoms with Crippen LogP contribution in [0.3, 0.4) is 0 Å². The Morgan fingerprint density at radius 1 is 1.42 bits per heavy atom. The number of allylic oxidation sites excluding steroid dienone is 2. The third kappa shape index (κ3) is 2.44. The maximum atomic E-state index is 12.7. The van der Waals surface area contributed by atoms with Crippen molar-refractivity contribution in [2.24, 2.45) is 5.41 Å². The van der Waals surface area contributed by atoms with E-state index in [1.807, 2.05) is 12.2 Å². The molecule has 12 heavy (non-hydrogen) atoms. The Kier molecular flexibility index (Phi) is 2.77. The van der Waals surface area contributed by atoms with Gasteiger partial charge in [-0.25, -0.2) is 8.78 Å². The van der Waals surface area contributed by atoms with Crippen LogP contribution < -0.4 is 0 Å². The fraction of sp³-hybridized carbons (Fsp3) is 0.778. The lowest BCUT2D eigenvalue weighted by Crippen LogP contribution is -2.28. The predicted molar refractivity (Wildman–Crippen MR) is 46.8 cm³/mol. The molecule has 0 aromatic carbocycles. The van der Waals surface area contributed by atoms with Gasteiger partial charge in [-0.2, -0.15) is 0 Å². The van der Waals surface area contributed by atoms with Crippen LogP contribution in [0.25, 0.3) is 0 Å². The van der Waals surface area contributed by atoms with Crippen LogP contribution in [0.4, 0.5) is 8.78 Å². The second kappa shape index (κ2) is 3.33. The molecule has 0 aromatic rings. The summed E-state index contributed by atoms with van der Waals surface area (Å²) < 4.78 is 25.4. The van der Waals surface area contributed by atoms with Crippen molar-refractivity contribution in [1.82, 2.24) is 0 Å². The minimum atomic E-state index is -2.60. The van der Waals surface area contributed by atoms with Crippen LogP contribution in [0.2, 0.25) is 0 Å². The van der Waals surface area contributed by atoms with Crippen molar-refractivity contribution < 1.29 is 8.78 Å². The highest BCUT2D eigenvalue weighted by molar-refractivity contribution is 6.18. The number of alkyl halides is 3. The molecule has 0 nitrogen and oxygen atoms in total. The van der Waals surface area contributed by atoms with Crippen LogP contribution in [0.15, 0.2) is 12.2 Å². The summed E-state index contributed by atoms with van der Waals surface area (Å²) in [5, 5.41) is 0. The lowest BCUT2D eigenvalue weighted by Gasteiger charge is -2.29. The fourth-order valence-electron chi connectivity index (χ4n) is 1.71. The van der Waals surface area contributed by atoms with Gasteiger partial charge in [0.25, 0.3) is 0 Å². The second-order valence-corrected chi connectivity index (χ2v) is 4.03. The maximum absolute atomic E-state index is 12.7. The molecule has 1 aliphatic carbocycles. The molecular formula is C9H13ClF2. The first-order valence-corrected chi connectivity index (χ1v) is 4.60. The topological polar surface area (TPSA) is 0 Å². The van der Waals surface area contributed by atoms with E-state index >= 15 is 0 Å². The van der Waals surface area contributed by atoms with Crippen LogP contribution in [-0.4, -0.2) is 11.8 Å². The van der Waals surface area contributed by atoms with E-state index in [1.54, 1.807) is 0 Å². The first-order valence-electron chi connectivity index (χ1n) is 4.06. The molecule has 0 saturated carbocycles. The van der Waals surface area contributed by atoms with Crippen molar-refractivity contribution in [1.29, 1.82) is 0 Å². The quantitative estimate of drug-likeness (QED) is 0.476. The molecule has 0 saturated heterocycles. The van der Waals surface area contributed by atoms with Crippen LogP contribution >= 0.6 is 11.6 Å². The summed E-state index contributed by atoms with van der Waals surface area (Å²) in [5.74, 6) is -2.27. The molecule has 0 aromatic heterocycles.